The van der Waals surface area contributed by atoms with Crippen molar-refractivity contribution in [3.8, 4) is 5.69 Å². The summed E-state index contributed by atoms with van der Waals surface area (Å²) in [4.78, 5) is 13.3. The summed E-state index contributed by atoms with van der Waals surface area (Å²) in [6, 6.07) is 17.3. The second-order valence-electron chi connectivity index (χ2n) is 9.68. The van der Waals surface area contributed by atoms with Gasteiger partial charge in [0.05, 0.1) is 18.4 Å². The van der Waals surface area contributed by atoms with E-state index in [1.807, 2.05) is 42.5 Å². The van der Waals surface area contributed by atoms with Crippen molar-refractivity contribution in [1.29, 1.82) is 0 Å². The summed E-state index contributed by atoms with van der Waals surface area (Å²) in [5, 5.41) is 6.48. The molecule has 9 heteroatoms. The number of benzene rings is 2. The fraction of sp³-hybridized carbons (Fsp3) is 0.310. The van der Waals surface area contributed by atoms with Gasteiger partial charge in [-0.15, -0.1) is 0 Å². The molecule has 0 aliphatic heterocycles. The maximum Gasteiger partial charge on any atom is 0.435 e. The minimum atomic E-state index is -4.71. The van der Waals surface area contributed by atoms with Crippen LogP contribution in [0, 0.1) is 11.8 Å². The van der Waals surface area contributed by atoms with Crippen molar-refractivity contribution >= 4 is 5.91 Å². The maximum atomic E-state index is 13.5. The Morgan fingerprint density at radius 2 is 1.92 bits per heavy atom. The third kappa shape index (κ3) is 6.06. The van der Waals surface area contributed by atoms with E-state index in [1.54, 1.807) is 30.3 Å². The van der Waals surface area contributed by atoms with Crippen molar-refractivity contribution in [3.05, 3.63) is 107 Å². The molecule has 3 aromatic rings. The van der Waals surface area contributed by atoms with E-state index in [-0.39, 0.29) is 24.3 Å². The first-order valence-electron chi connectivity index (χ1n) is 12.6. The van der Waals surface area contributed by atoms with Crippen LogP contribution in [0.4, 0.5) is 13.2 Å². The number of alkyl halides is 3. The Balaban J connectivity index is 1.41. The Kier molecular flexibility index (Phi) is 7.49. The number of allylic oxidation sites excluding steroid dienone is 2. The zero-order valence-electron chi connectivity index (χ0n) is 20.7. The molecule has 0 radical (unpaired) electrons. The summed E-state index contributed by atoms with van der Waals surface area (Å²) in [5.74, 6) is -0.157. The molecule has 198 valence electrons. The maximum absolute atomic E-state index is 13.5. The van der Waals surface area contributed by atoms with Crippen LogP contribution < -0.4 is 11.1 Å². The zero-order valence-corrected chi connectivity index (χ0v) is 20.7. The van der Waals surface area contributed by atoms with Crippen LogP contribution in [-0.2, 0) is 17.5 Å². The van der Waals surface area contributed by atoms with Crippen LogP contribution >= 0.6 is 0 Å². The van der Waals surface area contributed by atoms with Gasteiger partial charge in [-0.2, -0.15) is 18.3 Å². The van der Waals surface area contributed by atoms with Crippen molar-refractivity contribution in [2.75, 3.05) is 6.61 Å². The van der Waals surface area contributed by atoms with Gasteiger partial charge in [0.2, 0.25) is 0 Å². The first-order valence-corrected chi connectivity index (χ1v) is 12.6. The number of carbonyl (C=O) groups excluding carboxylic acids is 1. The molecule has 1 aromatic heterocycles. The van der Waals surface area contributed by atoms with Crippen molar-refractivity contribution in [2.45, 2.75) is 38.1 Å². The molecule has 2 aliphatic rings. The SMILES string of the molecule is NCc1cccc(-n2nc(C(F)(F)F)cc2C(=O)NC2=CC(C(OCC3CC3)c3ccccc3)CC=C2)c1. The largest absolute Gasteiger partial charge is 0.435 e. The number of halogens is 3. The number of hydrogen-bond acceptors (Lipinski definition) is 4. The summed E-state index contributed by atoms with van der Waals surface area (Å²) >= 11 is 0. The van der Waals surface area contributed by atoms with E-state index >= 15 is 0 Å². The monoisotopic (exact) mass is 522 g/mol. The summed E-state index contributed by atoms with van der Waals surface area (Å²) < 4.78 is 47.9. The van der Waals surface area contributed by atoms with Gasteiger partial charge in [0.1, 0.15) is 5.69 Å². The highest BCUT2D eigenvalue weighted by Crippen LogP contribution is 2.37. The number of hydrogen-bond donors (Lipinski definition) is 2. The zero-order chi connectivity index (χ0) is 26.7. The molecule has 0 spiro atoms. The normalized spacial score (nSPS) is 18.2. The summed E-state index contributed by atoms with van der Waals surface area (Å²) in [6.07, 6.45) is 3.78. The molecule has 1 fully saturated rings. The predicted octanol–water partition coefficient (Wildman–Crippen LogP) is 5.71. The van der Waals surface area contributed by atoms with E-state index in [0.29, 0.717) is 35.9 Å². The number of ether oxygens (including phenoxy) is 1. The molecule has 2 unspecified atom stereocenters. The van der Waals surface area contributed by atoms with E-state index in [9.17, 15) is 18.0 Å². The lowest BCUT2D eigenvalue weighted by Crippen LogP contribution is -2.27. The molecule has 1 amide bonds. The van der Waals surface area contributed by atoms with Crippen molar-refractivity contribution in [3.63, 3.8) is 0 Å². The van der Waals surface area contributed by atoms with Crippen LogP contribution in [-0.4, -0.2) is 22.3 Å². The lowest BCUT2D eigenvalue weighted by molar-refractivity contribution is -0.141. The summed E-state index contributed by atoms with van der Waals surface area (Å²) in [5.41, 5.74) is 6.89. The number of nitrogens with one attached hydrogen (secondary N) is 1. The quantitative estimate of drug-likeness (QED) is 0.377. The number of nitrogens with zero attached hydrogens (tertiary/aromatic N) is 2. The van der Waals surface area contributed by atoms with Gasteiger partial charge in [-0.1, -0.05) is 54.6 Å². The van der Waals surface area contributed by atoms with Crippen LogP contribution in [0.5, 0.6) is 0 Å². The molecule has 0 saturated heterocycles. The van der Waals surface area contributed by atoms with E-state index in [0.717, 1.165) is 16.3 Å². The number of carbonyl (C=O) groups is 1. The van der Waals surface area contributed by atoms with Crippen molar-refractivity contribution in [1.82, 2.24) is 15.1 Å². The average molecular weight is 523 g/mol. The topological polar surface area (TPSA) is 82.2 Å². The second kappa shape index (κ2) is 11.0. The molecule has 2 aromatic carbocycles. The number of amides is 1. The molecule has 0 bridgehead atoms. The van der Waals surface area contributed by atoms with Gasteiger partial charge in [0, 0.05) is 24.2 Å². The molecule has 2 aliphatic carbocycles. The fourth-order valence-electron chi connectivity index (χ4n) is 4.52. The second-order valence-corrected chi connectivity index (χ2v) is 9.68. The molecular weight excluding hydrogens is 493 g/mol. The fourth-order valence-corrected chi connectivity index (χ4v) is 4.52. The van der Waals surface area contributed by atoms with Crippen LogP contribution in [0.2, 0.25) is 0 Å². The van der Waals surface area contributed by atoms with Gasteiger partial charge in [-0.05, 0) is 54.5 Å². The molecule has 1 heterocycles. The first-order chi connectivity index (χ1) is 18.3. The van der Waals surface area contributed by atoms with E-state index in [4.69, 9.17) is 10.5 Å². The summed E-state index contributed by atoms with van der Waals surface area (Å²) in [6.45, 7) is 0.879. The number of aromatic nitrogens is 2. The van der Waals surface area contributed by atoms with Crippen molar-refractivity contribution < 1.29 is 22.7 Å². The highest BCUT2D eigenvalue weighted by molar-refractivity contribution is 5.94. The Bertz CT molecular complexity index is 1340. The molecule has 1 saturated carbocycles. The Hall–Kier alpha value is -3.69. The lowest BCUT2D eigenvalue weighted by Gasteiger charge is -2.27. The highest BCUT2D eigenvalue weighted by atomic mass is 19.4. The van der Waals surface area contributed by atoms with Gasteiger partial charge < -0.3 is 15.8 Å². The van der Waals surface area contributed by atoms with Gasteiger partial charge >= 0.3 is 6.18 Å². The third-order valence-electron chi connectivity index (χ3n) is 6.71. The molecule has 2 atom stereocenters. The minimum absolute atomic E-state index is 0.0478. The lowest BCUT2D eigenvalue weighted by atomic mass is 9.89. The third-order valence-corrected chi connectivity index (χ3v) is 6.71. The molecular formula is C29H29F3N4O2. The van der Waals surface area contributed by atoms with Crippen LogP contribution in [0.15, 0.2) is 84.6 Å². The predicted molar refractivity (Wildman–Crippen MR) is 137 cm³/mol. The molecule has 38 heavy (non-hydrogen) atoms. The van der Waals surface area contributed by atoms with E-state index in [1.165, 1.54) is 12.8 Å². The molecule has 3 N–H and O–H groups in total. The average Bonchev–Trinajstić information content (AvgIpc) is 3.63. The Morgan fingerprint density at radius 3 is 2.63 bits per heavy atom. The highest BCUT2D eigenvalue weighted by Gasteiger charge is 2.36. The standard InChI is InChI=1S/C29H29F3N4O2/c30-29(31,32)26-16-25(36(35-26)24-11-4-6-20(14-24)17-33)28(37)34-23-10-5-9-22(15-23)27(38-18-19-12-13-19)21-7-2-1-3-8-21/h1-8,10-11,14-16,19,22,27H,9,12-13,17-18,33H2,(H,34,37). The van der Waals surface area contributed by atoms with E-state index < -0.39 is 17.8 Å². The van der Waals surface area contributed by atoms with Gasteiger partial charge in [0.25, 0.3) is 5.91 Å². The van der Waals surface area contributed by atoms with Gasteiger partial charge in [-0.3, -0.25) is 4.79 Å². The summed E-state index contributed by atoms with van der Waals surface area (Å²) in [7, 11) is 0. The van der Waals surface area contributed by atoms with Gasteiger partial charge in [0.15, 0.2) is 5.69 Å². The van der Waals surface area contributed by atoms with Crippen LogP contribution in [0.1, 0.15) is 52.7 Å². The Labute approximate surface area is 219 Å². The Morgan fingerprint density at radius 1 is 1.13 bits per heavy atom. The number of rotatable bonds is 9. The number of nitrogens with two attached hydrogens (primary N) is 1. The van der Waals surface area contributed by atoms with E-state index in [2.05, 4.69) is 10.4 Å². The molecule has 5 rings (SSSR count). The van der Waals surface area contributed by atoms with Crippen molar-refractivity contribution in [2.24, 2.45) is 17.6 Å². The molecule has 6 nitrogen and oxygen atoms in total. The minimum Gasteiger partial charge on any atom is -0.373 e. The van der Waals surface area contributed by atoms with Crippen LogP contribution in [0.3, 0.4) is 0 Å². The van der Waals surface area contributed by atoms with Gasteiger partial charge in [-0.25, -0.2) is 4.68 Å². The van der Waals surface area contributed by atoms with Crippen LogP contribution in [0.25, 0.3) is 5.69 Å². The first kappa shape index (κ1) is 25.9. The smallest absolute Gasteiger partial charge is 0.373 e.